The van der Waals surface area contributed by atoms with Gasteiger partial charge in [-0.1, -0.05) is 12.1 Å². The number of nitrogens with zero attached hydrogens (tertiary/aromatic N) is 1. The molecule has 0 saturated heterocycles. The number of aromatic hydroxyl groups is 1. The van der Waals surface area contributed by atoms with Crippen molar-refractivity contribution in [3.8, 4) is 5.88 Å². The van der Waals surface area contributed by atoms with E-state index in [1.54, 1.807) is 6.08 Å². The van der Waals surface area contributed by atoms with Gasteiger partial charge in [0.05, 0.1) is 0 Å². The van der Waals surface area contributed by atoms with Crippen molar-refractivity contribution in [2.75, 3.05) is 0 Å². The molecule has 0 aliphatic rings. The fraction of sp³-hybridized carbons (Fsp3) is 0.154. The number of aromatic nitrogens is 1. The highest BCUT2D eigenvalue weighted by molar-refractivity contribution is 5.86. The fourth-order valence-electron chi connectivity index (χ4n) is 1.75. The van der Waals surface area contributed by atoms with Gasteiger partial charge in [-0.05, 0) is 23.9 Å². The second-order valence-electron chi connectivity index (χ2n) is 3.77. The highest BCUT2D eigenvalue weighted by atomic mass is 19.1. The van der Waals surface area contributed by atoms with Crippen molar-refractivity contribution in [3.05, 3.63) is 53.1 Å². The van der Waals surface area contributed by atoms with Crippen molar-refractivity contribution >= 4 is 10.8 Å². The Bertz CT molecular complexity index is 631. The molecule has 88 valence electrons. The van der Waals surface area contributed by atoms with Crippen molar-refractivity contribution in [3.63, 3.8) is 0 Å². The van der Waals surface area contributed by atoms with Gasteiger partial charge in [-0.25, -0.2) is 4.39 Å². The van der Waals surface area contributed by atoms with Crippen LogP contribution in [0.25, 0.3) is 10.8 Å². The zero-order valence-electron chi connectivity index (χ0n) is 9.19. The van der Waals surface area contributed by atoms with E-state index >= 15 is 0 Å². The number of rotatable bonds is 3. The second kappa shape index (κ2) is 4.41. The van der Waals surface area contributed by atoms with Gasteiger partial charge in [0.15, 0.2) is 0 Å². The Balaban J connectivity index is 2.68. The lowest BCUT2D eigenvalue weighted by atomic mass is 10.1. The summed E-state index contributed by atoms with van der Waals surface area (Å²) >= 11 is 0. The molecule has 2 aromatic rings. The van der Waals surface area contributed by atoms with Crippen LogP contribution in [0.5, 0.6) is 5.88 Å². The SMILES string of the molecule is C=CCCn1c(O)c2cc(F)ccc2cc1=O. The summed E-state index contributed by atoms with van der Waals surface area (Å²) in [4.78, 5) is 11.7. The van der Waals surface area contributed by atoms with Crippen LogP contribution in [0.1, 0.15) is 6.42 Å². The summed E-state index contributed by atoms with van der Waals surface area (Å²) in [6.07, 6.45) is 2.22. The summed E-state index contributed by atoms with van der Waals surface area (Å²) < 4.78 is 14.3. The number of allylic oxidation sites excluding steroid dienone is 1. The fourth-order valence-corrected chi connectivity index (χ4v) is 1.75. The van der Waals surface area contributed by atoms with Gasteiger partial charge in [0.1, 0.15) is 5.82 Å². The quantitative estimate of drug-likeness (QED) is 0.827. The molecule has 2 rings (SSSR count). The van der Waals surface area contributed by atoms with Crippen LogP contribution in [0.3, 0.4) is 0 Å². The lowest BCUT2D eigenvalue weighted by Crippen LogP contribution is -2.19. The van der Waals surface area contributed by atoms with Gasteiger partial charge in [0.2, 0.25) is 5.88 Å². The molecular weight excluding hydrogens is 221 g/mol. The summed E-state index contributed by atoms with van der Waals surface area (Å²) in [6, 6.07) is 5.34. The number of hydrogen-bond donors (Lipinski definition) is 1. The van der Waals surface area contributed by atoms with Gasteiger partial charge in [0, 0.05) is 18.0 Å². The van der Waals surface area contributed by atoms with E-state index in [-0.39, 0.29) is 11.4 Å². The molecule has 17 heavy (non-hydrogen) atoms. The smallest absolute Gasteiger partial charge is 0.253 e. The number of pyridine rings is 1. The van der Waals surface area contributed by atoms with Crippen molar-refractivity contribution < 1.29 is 9.50 Å². The highest BCUT2D eigenvalue weighted by Gasteiger charge is 2.08. The van der Waals surface area contributed by atoms with E-state index in [0.29, 0.717) is 23.7 Å². The minimum Gasteiger partial charge on any atom is -0.494 e. The molecule has 0 bridgehead atoms. The third-order valence-corrected chi connectivity index (χ3v) is 2.61. The van der Waals surface area contributed by atoms with Gasteiger partial charge in [-0.3, -0.25) is 9.36 Å². The van der Waals surface area contributed by atoms with Crippen LogP contribution in [-0.4, -0.2) is 9.67 Å². The van der Waals surface area contributed by atoms with Crippen LogP contribution >= 0.6 is 0 Å². The molecule has 1 aromatic carbocycles. The zero-order valence-corrected chi connectivity index (χ0v) is 9.19. The first kappa shape index (κ1) is 11.4. The molecule has 0 unspecified atom stereocenters. The molecular formula is C13H12FNO2. The standard InChI is InChI=1S/C13H12FNO2/c1-2-3-6-15-12(16)7-9-4-5-10(14)8-11(9)13(15)17/h2,4-5,7-8,17H,1,3,6H2. The van der Waals surface area contributed by atoms with E-state index in [1.807, 2.05) is 0 Å². The first-order valence-corrected chi connectivity index (χ1v) is 5.26. The molecule has 3 nitrogen and oxygen atoms in total. The average molecular weight is 233 g/mol. The topological polar surface area (TPSA) is 42.2 Å². The number of benzene rings is 1. The maximum Gasteiger partial charge on any atom is 0.253 e. The minimum absolute atomic E-state index is 0.200. The third-order valence-electron chi connectivity index (χ3n) is 2.61. The average Bonchev–Trinajstić information content (AvgIpc) is 2.30. The van der Waals surface area contributed by atoms with Crippen LogP contribution in [-0.2, 0) is 6.54 Å². The Morgan fingerprint density at radius 2 is 2.18 bits per heavy atom. The Morgan fingerprint density at radius 1 is 1.41 bits per heavy atom. The summed E-state index contributed by atoms with van der Waals surface area (Å²) in [5.74, 6) is -0.643. The Morgan fingerprint density at radius 3 is 2.88 bits per heavy atom. The molecule has 0 spiro atoms. The first-order chi connectivity index (χ1) is 8.13. The largest absolute Gasteiger partial charge is 0.494 e. The van der Waals surface area contributed by atoms with E-state index < -0.39 is 5.82 Å². The van der Waals surface area contributed by atoms with Crippen molar-refractivity contribution in [1.29, 1.82) is 0 Å². The van der Waals surface area contributed by atoms with Gasteiger partial charge in [0.25, 0.3) is 5.56 Å². The van der Waals surface area contributed by atoms with Crippen LogP contribution in [0.15, 0.2) is 41.7 Å². The van der Waals surface area contributed by atoms with E-state index in [4.69, 9.17) is 0 Å². The number of halogens is 1. The predicted molar refractivity (Wildman–Crippen MR) is 64.6 cm³/mol. The third kappa shape index (κ3) is 2.06. The summed E-state index contributed by atoms with van der Waals surface area (Å²) in [5.41, 5.74) is -0.302. The number of fused-ring (bicyclic) bond motifs is 1. The molecule has 0 amide bonds. The van der Waals surface area contributed by atoms with E-state index in [0.717, 1.165) is 0 Å². The molecule has 1 N–H and O–H groups in total. The normalized spacial score (nSPS) is 10.6. The summed E-state index contributed by atoms with van der Waals surface area (Å²) in [5, 5.41) is 10.8. The Hall–Kier alpha value is -2.10. The van der Waals surface area contributed by atoms with E-state index in [9.17, 15) is 14.3 Å². The minimum atomic E-state index is -0.443. The maximum absolute atomic E-state index is 13.1. The summed E-state index contributed by atoms with van der Waals surface area (Å²) in [7, 11) is 0. The van der Waals surface area contributed by atoms with Gasteiger partial charge in [-0.15, -0.1) is 6.58 Å². The molecule has 0 aliphatic heterocycles. The van der Waals surface area contributed by atoms with Crippen molar-refractivity contribution in [2.45, 2.75) is 13.0 Å². The van der Waals surface area contributed by atoms with Gasteiger partial charge < -0.3 is 5.11 Å². The van der Waals surface area contributed by atoms with E-state index in [2.05, 4.69) is 6.58 Å². The Kier molecular flexibility index (Phi) is 2.95. The van der Waals surface area contributed by atoms with Crippen LogP contribution in [0, 0.1) is 5.82 Å². The van der Waals surface area contributed by atoms with Crippen LogP contribution in [0.2, 0.25) is 0 Å². The van der Waals surface area contributed by atoms with Crippen molar-refractivity contribution in [1.82, 2.24) is 4.57 Å². The molecule has 0 saturated carbocycles. The van der Waals surface area contributed by atoms with Gasteiger partial charge in [-0.2, -0.15) is 0 Å². The molecule has 0 aliphatic carbocycles. The predicted octanol–water partition coefficient (Wildman–Crippen LogP) is 2.42. The molecule has 4 heteroatoms. The zero-order chi connectivity index (χ0) is 12.4. The maximum atomic E-state index is 13.1. The monoisotopic (exact) mass is 233 g/mol. The van der Waals surface area contributed by atoms with Crippen LogP contribution < -0.4 is 5.56 Å². The Labute approximate surface area is 97.4 Å². The summed E-state index contributed by atoms with van der Waals surface area (Å²) in [6.45, 7) is 3.89. The lowest BCUT2D eigenvalue weighted by molar-refractivity contribution is 0.414. The number of hydrogen-bond acceptors (Lipinski definition) is 2. The lowest BCUT2D eigenvalue weighted by Gasteiger charge is -2.09. The van der Waals surface area contributed by atoms with Crippen LogP contribution in [0.4, 0.5) is 4.39 Å². The van der Waals surface area contributed by atoms with Crippen molar-refractivity contribution in [2.24, 2.45) is 0 Å². The highest BCUT2D eigenvalue weighted by Crippen LogP contribution is 2.23. The molecule has 0 fully saturated rings. The molecule has 1 aromatic heterocycles. The molecule has 0 atom stereocenters. The first-order valence-electron chi connectivity index (χ1n) is 5.26. The van der Waals surface area contributed by atoms with Gasteiger partial charge >= 0.3 is 0 Å². The molecule has 1 heterocycles. The second-order valence-corrected chi connectivity index (χ2v) is 3.77. The van der Waals surface area contributed by atoms with E-state index in [1.165, 1.54) is 28.8 Å². The molecule has 0 radical (unpaired) electrons.